The predicted molar refractivity (Wildman–Crippen MR) is 240 cm³/mol. The molecule has 0 saturated carbocycles. The molecule has 3 aliphatic carbocycles. The van der Waals surface area contributed by atoms with Gasteiger partial charge in [-0.15, -0.1) is 0 Å². The van der Waals surface area contributed by atoms with E-state index in [4.69, 9.17) is 0 Å². The van der Waals surface area contributed by atoms with Crippen molar-refractivity contribution in [2.75, 3.05) is 4.90 Å². The minimum atomic E-state index is -0.477. The molecule has 0 spiro atoms. The molecule has 3 aliphatic rings. The average molecular weight is 738 g/mol. The second kappa shape index (κ2) is 12.9. The van der Waals surface area contributed by atoms with Gasteiger partial charge >= 0.3 is 0 Å². The van der Waals surface area contributed by atoms with Gasteiger partial charge in [0.15, 0.2) is 0 Å². The Morgan fingerprint density at radius 3 is 1.69 bits per heavy atom. The largest absolute Gasteiger partial charge is 0.310 e. The number of anilines is 3. The van der Waals surface area contributed by atoms with Crippen LogP contribution in [0.2, 0.25) is 0 Å². The van der Waals surface area contributed by atoms with E-state index in [0.717, 1.165) is 29.9 Å². The Labute approximate surface area is 340 Å². The van der Waals surface area contributed by atoms with Gasteiger partial charge in [-0.2, -0.15) is 0 Å². The Morgan fingerprint density at radius 2 is 0.897 bits per heavy atom. The fourth-order valence-corrected chi connectivity index (χ4v) is 10.6. The Hall–Kier alpha value is -7.22. The Kier molecular flexibility index (Phi) is 7.34. The summed E-state index contributed by atoms with van der Waals surface area (Å²) in [5.74, 6) is 0. The highest BCUT2D eigenvalue weighted by atomic mass is 15.1. The number of benzene rings is 9. The van der Waals surface area contributed by atoms with Crippen molar-refractivity contribution in [3.05, 3.63) is 257 Å². The van der Waals surface area contributed by atoms with E-state index in [0.29, 0.717) is 0 Å². The smallest absolute Gasteiger partial charge is 0.0714 e. The standard InChI is InChI=1S/C57H39N/c1-4-18-41(19-5-1)57(42-20-6-2-7-21-42)54-29-13-12-26-50(54)51-33-31-45(36-55(51)57)58(43-22-8-3-9-23-43)44-24-14-17-39(35-44)46-27-15-28-48-49-32-30-40-34-38-16-10-11-25-47(38)56(40)53(49)37-52(46)48/h1-33,35-36H,34,37H2. The summed E-state index contributed by atoms with van der Waals surface area (Å²) >= 11 is 0. The molecule has 0 heterocycles. The molecule has 0 bridgehead atoms. The first kappa shape index (κ1) is 33.0. The molecule has 0 saturated heterocycles. The lowest BCUT2D eigenvalue weighted by Crippen LogP contribution is -2.28. The molecule has 0 unspecified atom stereocenters. The Balaban J connectivity index is 1.02. The van der Waals surface area contributed by atoms with Gasteiger partial charge in [0, 0.05) is 17.1 Å². The zero-order chi connectivity index (χ0) is 38.2. The van der Waals surface area contributed by atoms with Crippen LogP contribution in [-0.2, 0) is 18.3 Å². The molecule has 1 heteroatoms. The highest BCUT2D eigenvalue weighted by Crippen LogP contribution is 2.57. The second-order valence-corrected chi connectivity index (χ2v) is 15.9. The highest BCUT2D eigenvalue weighted by molar-refractivity contribution is 5.94. The van der Waals surface area contributed by atoms with Crippen molar-refractivity contribution >= 4 is 17.1 Å². The van der Waals surface area contributed by atoms with Crippen LogP contribution in [0, 0.1) is 0 Å². The van der Waals surface area contributed by atoms with E-state index in [2.05, 4.69) is 217 Å². The summed E-state index contributed by atoms with van der Waals surface area (Å²) in [6.07, 6.45) is 1.96. The molecule has 58 heavy (non-hydrogen) atoms. The zero-order valence-electron chi connectivity index (χ0n) is 32.1. The van der Waals surface area contributed by atoms with Crippen molar-refractivity contribution in [1.82, 2.24) is 0 Å². The number of fused-ring (bicyclic) bond motifs is 10. The molecule has 0 aromatic heterocycles. The van der Waals surface area contributed by atoms with Crippen LogP contribution in [-0.4, -0.2) is 0 Å². The van der Waals surface area contributed by atoms with E-state index in [-0.39, 0.29) is 0 Å². The van der Waals surface area contributed by atoms with Crippen molar-refractivity contribution in [2.45, 2.75) is 18.3 Å². The fourth-order valence-electron chi connectivity index (χ4n) is 10.6. The van der Waals surface area contributed by atoms with Gasteiger partial charge in [0.1, 0.15) is 0 Å². The third kappa shape index (κ3) is 4.77. The molecular formula is C57H39N. The molecule has 0 amide bonds. The van der Waals surface area contributed by atoms with Crippen molar-refractivity contribution in [3.63, 3.8) is 0 Å². The van der Waals surface area contributed by atoms with Crippen LogP contribution in [0.3, 0.4) is 0 Å². The van der Waals surface area contributed by atoms with Gasteiger partial charge in [-0.05, 0) is 138 Å². The molecule has 12 rings (SSSR count). The monoisotopic (exact) mass is 737 g/mol. The quantitative estimate of drug-likeness (QED) is 0.164. The molecule has 9 aromatic rings. The molecule has 0 atom stereocenters. The second-order valence-electron chi connectivity index (χ2n) is 15.9. The Bertz CT molecular complexity index is 3010. The van der Waals surface area contributed by atoms with Gasteiger partial charge in [0.05, 0.1) is 5.41 Å². The molecule has 9 aromatic carbocycles. The number of hydrogen-bond acceptors (Lipinski definition) is 1. The lowest BCUT2D eigenvalue weighted by Gasteiger charge is -2.35. The summed E-state index contributed by atoms with van der Waals surface area (Å²) < 4.78 is 0. The number of para-hydroxylation sites is 1. The summed E-state index contributed by atoms with van der Waals surface area (Å²) in [7, 11) is 0. The van der Waals surface area contributed by atoms with Crippen LogP contribution in [0.1, 0.15) is 44.5 Å². The van der Waals surface area contributed by atoms with Gasteiger partial charge in [-0.3, -0.25) is 0 Å². The van der Waals surface area contributed by atoms with Crippen LogP contribution in [0.25, 0.3) is 44.5 Å². The third-order valence-electron chi connectivity index (χ3n) is 13.0. The highest BCUT2D eigenvalue weighted by Gasteiger charge is 2.46. The summed E-state index contributed by atoms with van der Waals surface area (Å²) in [5, 5.41) is 0. The summed E-state index contributed by atoms with van der Waals surface area (Å²) in [4.78, 5) is 2.44. The molecule has 0 fully saturated rings. The van der Waals surface area contributed by atoms with Gasteiger partial charge < -0.3 is 4.90 Å². The summed E-state index contributed by atoms with van der Waals surface area (Å²) in [5.41, 5.74) is 24.6. The van der Waals surface area contributed by atoms with E-state index >= 15 is 0 Å². The third-order valence-corrected chi connectivity index (χ3v) is 13.0. The first-order chi connectivity index (χ1) is 28.8. The summed E-state index contributed by atoms with van der Waals surface area (Å²) in [6, 6.07) is 78.9. The minimum absolute atomic E-state index is 0.477. The van der Waals surface area contributed by atoms with Gasteiger partial charge in [-0.1, -0.05) is 176 Å². The van der Waals surface area contributed by atoms with Gasteiger partial charge in [0.25, 0.3) is 0 Å². The maximum absolute atomic E-state index is 2.46. The van der Waals surface area contributed by atoms with E-state index in [9.17, 15) is 0 Å². The number of hydrogen-bond donors (Lipinski definition) is 0. The summed E-state index contributed by atoms with van der Waals surface area (Å²) in [6.45, 7) is 0. The molecule has 272 valence electrons. The van der Waals surface area contributed by atoms with Crippen LogP contribution in [0.15, 0.2) is 212 Å². The molecule has 0 radical (unpaired) electrons. The maximum atomic E-state index is 2.46. The van der Waals surface area contributed by atoms with Gasteiger partial charge in [0.2, 0.25) is 0 Å². The average Bonchev–Trinajstić information content (AvgIpc) is 3.96. The zero-order valence-corrected chi connectivity index (χ0v) is 32.1. The fraction of sp³-hybridized carbons (Fsp3) is 0.0526. The molecule has 0 aliphatic heterocycles. The van der Waals surface area contributed by atoms with Crippen LogP contribution in [0.4, 0.5) is 17.1 Å². The van der Waals surface area contributed by atoms with Crippen LogP contribution >= 0.6 is 0 Å². The van der Waals surface area contributed by atoms with E-state index in [1.54, 1.807) is 0 Å². The molecular weight excluding hydrogens is 699 g/mol. The van der Waals surface area contributed by atoms with E-state index in [1.165, 1.54) is 89.0 Å². The topological polar surface area (TPSA) is 3.24 Å². The molecule has 0 N–H and O–H groups in total. The van der Waals surface area contributed by atoms with Crippen LogP contribution in [0.5, 0.6) is 0 Å². The normalized spacial score (nSPS) is 13.5. The van der Waals surface area contributed by atoms with Gasteiger partial charge in [-0.25, -0.2) is 0 Å². The van der Waals surface area contributed by atoms with E-state index in [1.807, 2.05) is 0 Å². The predicted octanol–water partition coefficient (Wildman–Crippen LogP) is 14.3. The van der Waals surface area contributed by atoms with Crippen molar-refractivity contribution in [2.24, 2.45) is 0 Å². The first-order valence-corrected chi connectivity index (χ1v) is 20.4. The Morgan fingerprint density at radius 1 is 0.328 bits per heavy atom. The van der Waals surface area contributed by atoms with Crippen molar-refractivity contribution in [3.8, 4) is 44.5 Å². The minimum Gasteiger partial charge on any atom is -0.310 e. The van der Waals surface area contributed by atoms with Crippen LogP contribution < -0.4 is 4.90 Å². The molecule has 1 nitrogen and oxygen atoms in total. The lowest BCUT2D eigenvalue weighted by molar-refractivity contribution is 0.768. The van der Waals surface area contributed by atoms with E-state index < -0.39 is 5.41 Å². The van der Waals surface area contributed by atoms with Crippen molar-refractivity contribution < 1.29 is 0 Å². The lowest BCUT2D eigenvalue weighted by atomic mass is 9.67. The maximum Gasteiger partial charge on any atom is 0.0714 e. The number of nitrogens with zero attached hydrogens (tertiary/aromatic N) is 1. The SMILES string of the molecule is c1ccc(N(c2cccc(-c3cccc4c3Cc3c-4ccc4c3-c3ccccc3C4)c2)c2ccc3c(c2)C(c2ccccc2)(c2ccccc2)c2ccccc2-3)cc1. The van der Waals surface area contributed by atoms with Crippen molar-refractivity contribution in [1.29, 1.82) is 0 Å². The first-order valence-electron chi connectivity index (χ1n) is 20.4. The number of rotatable bonds is 6.